The van der Waals surface area contributed by atoms with Crippen molar-refractivity contribution in [3.05, 3.63) is 71.0 Å². The van der Waals surface area contributed by atoms with Crippen molar-refractivity contribution in [1.82, 2.24) is 4.90 Å². The molecule has 0 saturated carbocycles. The number of hydrogen-bond acceptors (Lipinski definition) is 1. The van der Waals surface area contributed by atoms with E-state index in [1.807, 2.05) is 30.3 Å². The Bertz CT molecular complexity index is 765. The quantitative estimate of drug-likeness (QED) is 0.706. The molecule has 1 aliphatic rings. The third-order valence-corrected chi connectivity index (χ3v) is 4.79. The van der Waals surface area contributed by atoms with Crippen LogP contribution in [0, 0.1) is 11.7 Å². The molecule has 1 fully saturated rings. The van der Waals surface area contributed by atoms with E-state index in [0.29, 0.717) is 25.1 Å². The molecule has 1 aliphatic heterocycles. The average molecular weight is 365 g/mol. The van der Waals surface area contributed by atoms with Crippen molar-refractivity contribution in [2.45, 2.75) is 25.4 Å². The highest BCUT2D eigenvalue weighted by molar-refractivity contribution is 5.96. The van der Waals surface area contributed by atoms with Crippen molar-refractivity contribution in [1.29, 1.82) is 0 Å². The first-order chi connectivity index (χ1) is 12.3. The molecule has 2 nitrogen and oxygen atoms in total. The lowest BCUT2D eigenvalue weighted by atomic mass is 9.90. The van der Waals surface area contributed by atoms with Gasteiger partial charge in [-0.1, -0.05) is 30.3 Å². The van der Waals surface area contributed by atoms with Gasteiger partial charge < -0.3 is 4.90 Å². The maximum atomic E-state index is 13.2. The van der Waals surface area contributed by atoms with Crippen molar-refractivity contribution in [3.8, 4) is 0 Å². The highest BCUT2D eigenvalue weighted by atomic mass is 19.4. The van der Waals surface area contributed by atoms with E-state index in [1.54, 1.807) is 0 Å². The molecule has 0 aromatic heterocycles. The van der Waals surface area contributed by atoms with Gasteiger partial charge in [0.05, 0.1) is 11.1 Å². The standard InChI is InChI=1S/C20H19F4NO/c21-16-6-7-17(18(13-16)20(22,23)24)19(26)25-10-8-15(9-11-25)12-14-4-2-1-3-5-14/h1-7,13,15H,8-12H2. The second-order valence-corrected chi connectivity index (χ2v) is 6.61. The van der Waals surface area contributed by atoms with Gasteiger partial charge in [-0.05, 0) is 48.9 Å². The van der Waals surface area contributed by atoms with Crippen molar-refractivity contribution >= 4 is 5.91 Å². The number of carbonyl (C=O) groups is 1. The van der Waals surface area contributed by atoms with Gasteiger partial charge in [-0.3, -0.25) is 4.79 Å². The van der Waals surface area contributed by atoms with Gasteiger partial charge in [-0.25, -0.2) is 4.39 Å². The topological polar surface area (TPSA) is 20.3 Å². The summed E-state index contributed by atoms with van der Waals surface area (Å²) in [6, 6.07) is 12.2. The highest BCUT2D eigenvalue weighted by Crippen LogP contribution is 2.33. The van der Waals surface area contributed by atoms with Gasteiger partial charge in [0, 0.05) is 13.1 Å². The summed E-state index contributed by atoms with van der Waals surface area (Å²) in [7, 11) is 0. The zero-order chi connectivity index (χ0) is 18.7. The Kier molecular flexibility index (Phi) is 5.30. The van der Waals surface area contributed by atoms with Crippen LogP contribution in [0.1, 0.15) is 34.3 Å². The Hall–Kier alpha value is -2.37. The van der Waals surface area contributed by atoms with Crippen LogP contribution in [0.25, 0.3) is 0 Å². The van der Waals surface area contributed by atoms with Crippen LogP contribution in [-0.4, -0.2) is 23.9 Å². The predicted molar refractivity (Wildman–Crippen MR) is 90.2 cm³/mol. The van der Waals surface area contributed by atoms with Crippen LogP contribution in [0.3, 0.4) is 0 Å². The van der Waals surface area contributed by atoms with Gasteiger partial charge >= 0.3 is 6.18 Å². The van der Waals surface area contributed by atoms with E-state index < -0.39 is 29.0 Å². The number of benzene rings is 2. The fourth-order valence-electron chi connectivity index (χ4n) is 3.40. The molecule has 0 aliphatic carbocycles. The molecule has 6 heteroatoms. The smallest absolute Gasteiger partial charge is 0.339 e. The number of halogens is 4. The number of likely N-dealkylation sites (tertiary alicyclic amines) is 1. The van der Waals surface area contributed by atoms with E-state index in [0.717, 1.165) is 31.4 Å². The van der Waals surface area contributed by atoms with Crippen LogP contribution < -0.4 is 0 Å². The van der Waals surface area contributed by atoms with Crippen LogP contribution in [0.4, 0.5) is 17.6 Å². The molecule has 0 unspecified atom stereocenters. The van der Waals surface area contributed by atoms with Crippen molar-refractivity contribution in [2.75, 3.05) is 13.1 Å². The first-order valence-corrected chi connectivity index (χ1v) is 8.54. The largest absolute Gasteiger partial charge is 0.417 e. The summed E-state index contributed by atoms with van der Waals surface area (Å²) in [6.45, 7) is 0.815. The van der Waals surface area contributed by atoms with Gasteiger partial charge in [-0.2, -0.15) is 13.2 Å². The van der Waals surface area contributed by atoms with Crippen LogP contribution in [-0.2, 0) is 12.6 Å². The second-order valence-electron chi connectivity index (χ2n) is 6.61. The van der Waals surface area contributed by atoms with Crippen molar-refractivity contribution in [2.24, 2.45) is 5.92 Å². The molecule has 2 aromatic rings. The predicted octanol–water partition coefficient (Wildman–Crippen LogP) is 4.94. The van der Waals surface area contributed by atoms with Crippen LogP contribution in [0.15, 0.2) is 48.5 Å². The monoisotopic (exact) mass is 365 g/mol. The van der Waals surface area contributed by atoms with E-state index in [1.165, 1.54) is 10.5 Å². The van der Waals surface area contributed by atoms with E-state index in [9.17, 15) is 22.4 Å². The average Bonchev–Trinajstić information content (AvgIpc) is 2.62. The summed E-state index contributed by atoms with van der Waals surface area (Å²) in [4.78, 5) is 14.0. The van der Waals surface area contributed by atoms with Gasteiger partial charge in [0.1, 0.15) is 5.82 Å². The summed E-state index contributed by atoms with van der Waals surface area (Å²) in [5, 5.41) is 0. The zero-order valence-corrected chi connectivity index (χ0v) is 14.1. The first-order valence-electron chi connectivity index (χ1n) is 8.54. The van der Waals surface area contributed by atoms with Gasteiger partial charge in [-0.15, -0.1) is 0 Å². The Labute approximate surface area is 149 Å². The second kappa shape index (κ2) is 7.48. The minimum absolute atomic E-state index is 0.384. The molecule has 0 spiro atoms. The molecule has 1 amide bonds. The molecular formula is C20H19F4NO. The number of rotatable bonds is 3. The molecule has 0 bridgehead atoms. The third-order valence-electron chi connectivity index (χ3n) is 4.79. The summed E-state index contributed by atoms with van der Waals surface area (Å²) in [6.07, 6.45) is -2.39. The first kappa shape index (κ1) is 18.4. The molecule has 138 valence electrons. The number of alkyl halides is 3. The SMILES string of the molecule is O=C(c1ccc(F)cc1C(F)(F)F)N1CCC(Cc2ccccc2)CC1. The highest BCUT2D eigenvalue weighted by Gasteiger charge is 2.37. The lowest BCUT2D eigenvalue weighted by Crippen LogP contribution is -2.39. The van der Waals surface area contributed by atoms with Crippen molar-refractivity contribution < 1.29 is 22.4 Å². The summed E-state index contributed by atoms with van der Waals surface area (Å²) >= 11 is 0. The van der Waals surface area contributed by atoms with Crippen LogP contribution >= 0.6 is 0 Å². The third kappa shape index (κ3) is 4.23. The van der Waals surface area contributed by atoms with Gasteiger partial charge in [0.15, 0.2) is 0 Å². The van der Waals surface area contributed by atoms with Gasteiger partial charge in [0.25, 0.3) is 5.91 Å². The van der Waals surface area contributed by atoms with Crippen LogP contribution in [0.2, 0.25) is 0 Å². The Morgan fingerprint density at radius 3 is 2.31 bits per heavy atom. The lowest BCUT2D eigenvalue weighted by molar-refractivity contribution is -0.138. The molecule has 1 saturated heterocycles. The van der Waals surface area contributed by atoms with E-state index in [2.05, 4.69) is 0 Å². The fraction of sp³-hybridized carbons (Fsp3) is 0.350. The minimum atomic E-state index is -4.77. The fourth-order valence-corrected chi connectivity index (χ4v) is 3.40. The number of amides is 1. The molecule has 1 heterocycles. The normalized spacial score (nSPS) is 15.9. The lowest BCUT2D eigenvalue weighted by Gasteiger charge is -2.32. The van der Waals surface area contributed by atoms with E-state index in [4.69, 9.17) is 0 Å². The van der Waals surface area contributed by atoms with E-state index >= 15 is 0 Å². The van der Waals surface area contributed by atoms with Gasteiger partial charge in [0.2, 0.25) is 0 Å². The molecule has 3 rings (SSSR count). The minimum Gasteiger partial charge on any atom is -0.339 e. The summed E-state index contributed by atoms with van der Waals surface area (Å²) in [5.74, 6) is -1.29. The number of piperidine rings is 1. The Morgan fingerprint density at radius 1 is 1.04 bits per heavy atom. The molecule has 0 radical (unpaired) electrons. The molecular weight excluding hydrogens is 346 g/mol. The maximum Gasteiger partial charge on any atom is 0.417 e. The van der Waals surface area contributed by atoms with Crippen molar-refractivity contribution in [3.63, 3.8) is 0 Å². The molecule has 0 atom stereocenters. The molecule has 0 N–H and O–H groups in total. The number of carbonyl (C=O) groups excluding carboxylic acids is 1. The van der Waals surface area contributed by atoms with E-state index in [-0.39, 0.29) is 0 Å². The Morgan fingerprint density at radius 2 is 1.69 bits per heavy atom. The number of hydrogen-bond donors (Lipinski definition) is 0. The summed E-state index contributed by atoms with van der Waals surface area (Å²) in [5.41, 5.74) is -0.482. The molecule has 26 heavy (non-hydrogen) atoms. The molecule has 2 aromatic carbocycles. The summed E-state index contributed by atoms with van der Waals surface area (Å²) < 4.78 is 52.6. The number of nitrogens with zero attached hydrogens (tertiary/aromatic N) is 1. The zero-order valence-electron chi connectivity index (χ0n) is 14.1. The Balaban J connectivity index is 1.67. The van der Waals surface area contributed by atoms with Crippen LogP contribution in [0.5, 0.6) is 0 Å². The maximum absolute atomic E-state index is 13.2.